The molecule has 26 heavy (non-hydrogen) atoms. The summed E-state index contributed by atoms with van der Waals surface area (Å²) in [6, 6.07) is 12.4. The van der Waals surface area contributed by atoms with Crippen molar-refractivity contribution in [3.8, 4) is 11.5 Å². The second-order valence-corrected chi connectivity index (χ2v) is 5.76. The predicted octanol–water partition coefficient (Wildman–Crippen LogP) is 2.79. The van der Waals surface area contributed by atoms with Crippen LogP contribution in [0.1, 0.15) is 27.6 Å². The largest absolute Gasteiger partial charge is 0.454 e. The summed E-state index contributed by atoms with van der Waals surface area (Å²) in [5.74, 6) is 0.688. The van der Waals surface area contributed by atoms with Crippen molar-refractivity contribution in [3.63, 3.8) is 0 Å². The molecular formula is C19H15N3O4. The van der Waals surface area contributed by atoms with Gasteiger partial charge >= 0.3 is 0 Å². The Labute approximate surface area is 148 Å². The molecule has 7 nitrogen and oxygen atoms in total. The number of hydrogen-bond donors (Lipinski definition) is 1. The Balaban J connectivity index is 1.55. The van der Waals surface area contributed by atoms with Gasteiger partial charge in [-0.05, 0) is 24.3 Å². The average Bonchev–Trinajstić information content (AvgIpc) is 3.25. The van der Waals surface area contributed by atoms with Gasteiger partial charge in [-0.1, -0.05) is 18.2 Å². The molecule has 0 fully saturated rings. The van der Waals surface area contributed by atoms with E-state index >= 15 is 0 Å². The number of para-hydroxylation sites is 1. The second kappa shape index (κ2) is 6.36. The highest BCUT2D eigenvalue weighted by Crippen LogP contribution is 2.32. The fourth-order valence-electron chi connectivity index (χ4n) is 2.83. The molecular weight excluding hydrogens is 334 g/mol. The van der Waals surface area contributed by atoms with Crippen LogP contribution in [-0.2, 0) is 0 Å². The maximum Gasteiger partial charge on any atom is 0.271 e. The Bertz CT molecular complexity index is 1050. The Morgan fingerprint density at radius 2 is 1.96 bits per heavy atom. The molecule has 1 amide bonds. The quantitative estimate of drug-likeness (QED) is 0.582. The number of nitrogens with zero attached hydrogens (tertiary/aromatic N) is 2. The second-order valence-electron chi connectivity index (χ2n) is 5.76. The van der Waals surface area contributed by atoms with Crippen molar-refractivity contribution in [3.05, 3.63) is 59.8 Å². The molecule has 0 aliphatic carbocycles. The summed E-state index contributed by atoms with van der Waals surface area (Å²) in [7, 11) is 0. The van der Waals surface area contributed by atoms with E-state index < -0.39 is 0 Å². The monoisotopic (exact) mass is 349 g/mol. The van der Waals surface area contributed by atoms with Crippen LogP contribution in [0.25, 0.3) is 10.9 Å². The normalized spacial score (nSPS) is 12.7. The standard InChI is InChI=1S/C19H15N3O4/c1-12(23)22-10-14(15-4-2-3-5-16(15)22)9-20-21-19(24)13-6-7-17-18(8-13)26-11-25-17/h2-10H,11H2,1H3,(H,21,24)/b20-9+. The first-order valence-electron chi connectivity index (χ1n) is 7.97. The molecule has 1 aliphatic heterocycles. The Kier molecular flexibility index (Phi) is 3.89. The van der Waals surface area contributed by atoms with E-state index in [2.05, 4.69) is 10.5 Å². The van der Waals surface area contributed by atoms with Gasteiger partial charge in [-0.2, -0.15) is 5.10 Å². The highest BCUT2D eigenvalue weighted by Gasteiger charge is 2.16. The van der Waals surface area contributed by atoms with E-state index in [-0.39, 0.29) is 18.6 Å². The first-order chi connectivity index (χ1) is 12.6. The molecule has 7 heteroatoms. The highest BCUT2D eigenvalue weighted by molar-refractivity contribution is 6.04. The molecule has 1 aromatic heterocycles. The lowest BCUT2D eigenvalue weighted by Crippen LogP contribution is -2.17. The molecule has 1 aliphatic rings. The van der Waals surface area contributed by atoms with Crippen LogP contribution in [0.15, 0.2) is 53.8 Å². The van der Waals surface area contributed by atoms with E-state index in [9.17, 15) is 9.59 Å². The molecule has 0 saturated heterocycles. The number of hydrazone groups is 1. The Morgan fingerprint density at radius 3 is 2.81 bits per heavy atom. The van der Waals surface area contributed by atoms with E-state index in [0.717, 1.165) is 16.5 Å². The third-order valence-corrected chi connectivity index (χ3v) is 4.09. The molecule has 130 valence electrons. The van der Waals surface area contributed by atoms with E-state index in [1.54, 1.807) is 29.0 Å². The minimum atomic E-state index is -0.366. The zero-order chi connectivity index (χ0) is 18.1. The maximum atomic E-state index is 12.2. The van der Waals surface area contributed by atoms with Gasteiger partial charge < -0.3 is 9.47 Å². The molecule has 0 saturated carbocycles. The van der Waals surface area contributed by atoms with Crippen molar-refractivity contribution in [2.24, 2.45) is 5.10 Å². The van der Waals surface area contributed by atoms with Crippen LogP contribution in [0, 0.1) is 0 Å². The number of nitrogens with one attached hydrogen (secondary N) is 1. The van der Waals surface area contributed by atoms with Crippen molar-refractivity contribution in [2.75, 3.05) is 6.79 Å². The van der Waals surface area contributed by atoms with E-state index in [0.29, 0.717) is 17.1 Å². The summed E-state index contributed by atoms with van der Waals surface area (Å²) in [5.41, 5.74) is 4.43. The molecule has 2 heterocycles. The van der Waals surface area contributed by atoms with Gasteiger partial charge in [0, 0.05) is 29.6 Å². The first-order valence-corrected chi connectivity index (χ1v) is 7.97. The Hall–Kier alpha value is -3.61. The van der Waals surface area contributed by atoms with Crippen LogP contribution in [0.5, 0.6) is 11.5 Å². The number of hydrogen-bond acceptors (Lipinski definition) is 5. The van der Waals surface area contributed by atoms with E-state index in [4.69, 9.17) is 9.47 Å². The lowest BCUT2D eigenvalue weighted by molar-refractivity contribution is 0.0937. The zero-order valence-corrected chi connectivity index (χ0v) is 13.9. The average molecular weight is 349 g/mol. The molecule has 1 N–H and O–H groups in total. The third-order valence-electron chi connectivity index (χ3n) is 4.09. The molecule has 4 rings (SSSR count). The van der Waals surface area contributed by atoms with Gasteiger partial charge in [0.1, 0.15) is 0 Å². The van der Waals surface area contributed by atoms with Crippen LogP contribution < -0.4 is 14.9 Å². The fourth-order valence-corrected chi connectivity index (χ4v) is 2.83. The number of carbonyl (C=O) groups excluding carboxylic acids is 2. The molecule has 0 bridgehead atoms. The van der Waals surface area contributed by atoms with Crippen LogP contribution in [0.4, 0.5) is 0 Å². The van der Waals surface area contributed by atoms with E-state index in [1.165, 1.54) is 13.1 Å². The predicted molar refractivity (Wildman–Crippen MR) is 95.9 cm³/mol. The highest BCUT2D eigenvalue weighted by atomic mass is 16.7. The number of rotatable bonds is 3. The van der Waals surface area contributed by atoms with Gasteiger partial charge in [0.05, 0.1) is 11.7 Å². The number of carbonyl (C=O) groups is 2. The molecule has 0 spiro atoms. The summed E-state index contributed by atoms with van der Waals surface area (Å²) in [6.45, 7) is 1.65. The summed E-state index contributed by atoms with van der Waals surface area (Å²) in [6.07, 6.45) is 3.22. The number of aromatic nitrogens is 1. The topological polar surface area (TPSA) is 81.9 Å². The van der Waals surface area contributed by atoms with Crippen molar-refractivity contribution in [1.29, 1.82) is 0 Å². The molecule has 2 aromatic carbocycles. The van der Waals surface area contributed by atoms with Crippen molar-refractivity contribution in [1.82, 2.24) is 9.99 Å². The number of ether oxygens (including phenoxy) is 2. The van der Waals surface area contributed by atoms with Crippen LogP contribution >= 0.6 is 0 Å². The minimum absolute atomic E-state index is 0.0924. The first kappa shape index (κ1) is 15.9. The van der Waals surface area contributed by atoms with Gasteiger partial charge in [-0.25, -0.2) is 5.43 Å². The van der Waals surface area contributed by atoms with Gasteiger partial charge in [0.2, 0.25) is 12.7 Å². The lowest BCUT2D eigenvalue weighted by Gasteiger charge is -2.01. The van der Waals surface area contributed by atoms with E-state index in [1.807, 2.05) is 24.3 Å². The van der Waals surface area contributed by atoms with Gasteiger partial charge in [-0.15, -0.1) is 0 Å². The van der Waals surface area contributed by atoms with Crippen molar-refractivity contribution in [2.45, 2.75) is 6.92 Å². The van der Waals surface area contributed by atoms with Crippen LogP contribution in [-0.4, -0.2) is 29.4 Å². The molecule has 0 radical (unpaired) electrons. The fraction of sp³-hybridized carbons (Fsp3) is 0.105. The van der Waals surface area contributed by atoms with Crippen molar-refractivity contribution < 1.29 is 19.1 Å². The molecule has 0 unspecified atom stereocenters. The third kappa shape index (κ3) is 2.79. The molecule has 3 aromatic rings. The summed E-state index contributed by atoms with van der Waals surface area (Å²) < 4.78 is 12.0. The van der Waals surface area contributed by atoms with Crippen molar-refractivity contribution >= 4 is 28.9 Å². The lowest BCUT2D eigenvalue weighted by atomic mass is 10.2. The molecule has 0 atom stereocenters. The number of fused-ring (bicyclic) bond motifs is 2. The van der Waals surface area contributed by atoms with Gasteiger partial charge in [0.15, 0.2) is 11.5 Å². The van der Waals surface area contributed by atoms with Crippen LogP contribution in [0.3, 0.4) is 0 Å². The SMILES string of the molecule is CC(=O)n1cc(/C=N/NC(=O)c2ccc3c(c2)OCO3)c2ccccc21. The minimum Gasteiger partial charge on any atom is -0.454 e. The Morgan fingerprint density at radius 1 is 1.15 bits per heavy atom. The summed E-state index contributed by atoms with van der Waals surface area (Å²) in [4.78, 5) is 24.0. The van der Waals surface area contributed by atoms with Gasteiger partial charge in [0.25, 0.3) is 5.91 Å². The summed E-state index contributed by atoms with van der Waals surface area (Å²) >= 11 is 0. The zero-order valence-electron chi connectivity index (χ0n) is 13.9. The van der Waals surface area contributed by atoms with Gasteiger partial charge in [-0.3, -0.25) is 14.2 Å². The van der Waals surface area contributed by atoms with Crippen LogP contribution in [0.2, 0.25) is 0 Å². The number of benzene rings is 2. The maximum absolute atomic E-state index is 12.2. The smallest absolute Gasteiger partial charge is 0.271 e. The summed E-state index contributed by atoms with van der Waals surface area (Å²) in [5, 5.41) is 4.89. The number of amides is 1.